The number of hydrogen-bond acceptors (Lipinski definition) is 4. The Kier molecular flexibility index (Phi) is 8.34. The van der Waals surface area contributed by atoms with Crippen molar-refractivity contribution in [2.45, 2.75) is 51.6 Å². The molecule has 154 valence electrons. The summed E-state index contributed by atoms with van der Waals surface area (Å²) in [7, 11) is 1.72. The van der Waals surface area contributed by atoms with Gasteiger partial charge in [-0.3, -0.25) is 4.99 Å². The Hall–Kier alpha value is -1.35. The fourth-order valence-corrected chi connectivity index (χ4v) is 4.17. The van der Waals surface area contributed by atoms with Crippen molar-refractivity contribution in [1.29, 1.82) is 0 Å². The lowest BCUT2D eigenvalue weighted by Crippen LogP contribution is -2.39. The monoisotopic (exact) mass is 406 g/mol. The van der Waals surface area contributed by atoms with Gasteiger partial charge in [0, 0.05) is 45.2 Å². The molecule has 0 spiro atoms. The van der Waals surface area contributed by atoms with Crippen molar-refractivity contribution >= 4 is 17.3 Å². The van der Waals surface area contributed by atoms with Gasteiger partial charge in [0.2, 0.25) is 0 Å². The minimum Gasteiger partial charge on any atom is -0.385 e. The maximum Gasteiger partial charge on any atom is 0.434 e. The second-order valence-electron chi connectivity index (χ2n) is 6.95. The number of aromatic nitrogens is 1. The standard InChI is InChI=1S/C18H29F3N4OS/c1-3-22-16(24-13-17(9-11-26-2)7-4-5-8-17)23-10-6-15-25-14(12-27-15)18(19,20)21/h12H,3-11,13H2,1-2H3,(H2,22,23,24). The molecule has 1 aliphatic rings. The van der Waals surface area contributed by atoms with Gasteiger partial charge < -0.3 is 15.4 Å². The molecule has 2 N–H and O–H groups in total. The Morgan fingerprint density at radius 1 is 1.33 bits per heavy atom. The second kappa shape index (κ2) is 10.3. The largest absolute Gasteiger partial charge is 0.434 e. The highest BCUT2D eigenvalue weighted by atomic mass is 32.1. The van der Waals surface area contributed by atoms with Crippen molar-refractivity contribution in [1.82, 2.24) is 15.6 Å². The van der Waals surface area contributed by atoms with Crippen LogP contribution in [-0.2, 0) is 17.3 Å². The number of aliphatic imine (C=N–C) groups is 1. The molecule has 1 aromatic heterocycles. The summed E-state index contributed by atoms with van der Waals surface area (Å²) in [5.41, 5.74) is -0.612. The van der Waals surface area contributed by atoms with Gasteiger partial charge in [-0.1, -0.05) is 12.8 Å². The maximum absolute atomic E-state index is 12.6. The number of nitrogens with zero attached hydrogens (tertiary/aromatic N) is 2. The molecule has 0 radical (unpaired) electrons. The zero-order valence-electron chi connectivity index (χ0n) is 16.0. The minimum absolute atomic E-state index is 0.204. The molecule has 0 aliphatic heterocycles. The molecular weight excluding hydrogens is 377 g/mol. The molecule has 0 unspecified atom stereocenters. The molecule has 5 nitrogen and oxygen atoms in total. The Labute approximate surface area is 162 Å². The molecular formula is C18H29F3N4OS. The molecule has 2 rings (SSSR count). The number of nitrogens with one attached hydrogen (secondary N) is 2. The Bertz CT molecular complexity index is 598. The molecule has 1 heterocycles. The summed E-state index contributed by atoms with van der Waals surface area (Å²) in [6.07, 6.45) is 1.85. The molecule has 1 aliphatic carbocycles. The first-order chi connectivity index (χ1) is 12.9. The molecule has 1 aromatic rings. The van der Waals surface area contributed by atoms with Crippen LogP contribution in [0.3, 0.4) is 0 Å². The Morgan fingerprint density at radius 3 is 2.67 bits per heavy atom. The summed E-state index contributed by atoms with van der Waals surface area (Å²) < 4.78 is 43.1. The number of thiazole rings is 1. The number of halogens is 3. The average Bonchev–Trinajstić information content (AvgIpc) is 3.28. The van der Waals surface area contributed by atoms with Gasteiger partial charge in [-0.05, 0) is 31.6 Å². The lowest BCUT2D eigenvalue weighted by Gasteiger charge is -2.27. The van der Waals surface area contributed by atoms with E-state index in [1.807, 2.05) is 6.92 Å². The predicted molar refractivity (Wildman–Crippen MR) is 102 cm³/mol. The summed E-state index contributed by atoms with van der Waals surface area (Å²) in [5, 5.41) is 7.95. The zero-order valence-corrected chi connectivity index (χ0v) is 16.8. The van der Waals surface area contributed by atoms with Gasteiger partial charge >= 0.3 is 6.18 Å². The van der Waals surface area contributed by atoms with Crippen molar-refractivity contribution in [3.05, 3.63) is 16.1 Å². The summed E-state index contributed by atoms with van der Waals surface area (Å²) >= 11 is 1.04. The van der Waals surface area contributed by atoms with E-state index in [-0.39, 0.29) is 5.41 Å². The Balaban J connectivity index is 1.88. The highest BCUT2D eigenvalue weighted by molar-refractivity contribution is 7.09. The number of hydrogen-bond donors (Lipinski definition) is 2. The predicted octanol–water partition coefficient (Wildman–Crippen LogP) is 3.86. The molecule has 1 saturated carbocycles. The van der Waals surface area contributed by atoms with Crippen molar-refractivity contribution in [2.24, 2.45) is 10.4 Å². The molecule has 0 amide bonds. The van der Waals surface area contributed by atoms with E-state index in [0.717, 1.165) is 42.8 Å². The first-order valence-corrected chi connectivity index (χ1v) is 10.3. The van der Waals surface area contributed by atoms with Crippen LogP contribution in [0.5, 0.6) is 0 Å². The van der Waals surface area contributed by atoms with Gasteiger partial charge in [-0.2, -0.15) is 13.2 Å². The molecule has 1 fully saturated rings. The molecule has 27 heavy (non-hydrogen) atoms. The van der Waals surface area contributed by atoms with Crippen LogP contribution in [0.25, 0.3) is 0 Å². The quantitative estimate of drug-likeness (QED) is 0.483. The third kappa shape index (κ3) is 6.95. The number of alkyl halides is 3. The molecule has 0 atom stereocenters. The van der Waals surface area contributed by atoms with E-state index in [9.17, 15) is 13.2 Å². The number of guanidine groups is 1. The van der Waals surface area contributed by atoms with Gasteiger partial charge in [0.15, 0.2) is 11.7 Å². The van der Waals surface area contributed by atoms with E-state index >= 15 is 0 Å². The van der Waals surface area contributed by atoms with Crippen LogP contribution in [-0.4, -0.2) is 44.3 Å². The number of methoxy groups -OCH3 is 1. The lowest BCUT2D eigenvalue weighted by molar-refractivity contribution is -0.140. The smallest absolute Gasteiger partial charge is 0.385 e. The van der Waals surface area contributed by atoms with Crippen molar-refractivity contribution in [2.75, 3.05) is 33.4 Å². The van der Waals surface area contributed by atoms with Crippen LogP contribution < -0.4 is 10.6 Å². The zero-order chi connectivity index (χ0) is 19.8. The van der Waals surface area contributed by atoms with Gasteiger partial charge in [-0.25, -0.2) is 4.98 Å². The average molecular weight is 407 g/mol. The molecule has 9 heteroatoms. The van der Waals surface area contributed by atoms with E-state index in [1.54, 1.807) is 7.11 Å². The van der Waals surface area contributed by atoms with Crippen LogP contribution in [0.1, 0.15) is 49.7 Å². The SMILES string of the molecule is CCNC(=NCC1(CCOC)CCCC1)NCCc1nc(C(F)(F)F)cs1. The molecule has 0 aromatic carbocycles. The number of ether oxygens (including phenoxy) is 1. The van der Waals surface area contributed by atoms with Gasteiger partial charge in [0.05, 0.1) is 5.01 Å². The third-order valence-corrected chi connectivity index (χ3v) is 5.80. The summed E-state index contributed by atoms with van der Waals surface area (Å²) in [6, 6.07) is 0. The van der Waals surface area contributed by atoms with E-state index in [4.69, 9.17) is 9.73 Å². The van der Waals surface area contributed by atoms with E-state index < -0.39 is 11.9 Å². The third-order valence-electron chi connectivity index (χ3n) is 4.89. The normalized spacial score (nSPS) is 17.3. The maximum atomic E-state index is 12.6. The van der Waals surface area contributed by atoms with E-state index in [1.165, 1.54) is 25.7 Å². The van der Waals surface area contributed by atoms with Crippen LogP contribution in [0, 0.1) is 5.41 Å². The van der Waals surface area contributed by atoms with E-state index in [2.05, 4.69) is 15.6 Å². The van der Waals surface area contributed by atoms with Crippen LogP contribution >= 0.6 is 11.3 Å². The molecule has 0 bridgehead atoms. The highest BCUT2D eigenvalue weighted by Crippen LogP contribution is 2.41. The van der Waals surface area contributed by atoms with Gasteiger partial charge in [0.1, 0.15) is 0 Å². The molecule has 0 saturated heterocycles. The van der Waals surface area contributed by atoms with Crippen LogP contribution in [0.2, 0.25) is 0 Å². The summed E-state index contributed by atoms with van der Waals surface area (Å²) in [6.45, 7) is 4.68. The van der Waals surface area contributed by atoms with E-state index in [0.29, 0.717) is 23.9 Å². The topological polar surface area (TPSA) is 58.5 Å². The minimum atomic E-state index is -4.38. The lowest BCUT2D eigenvalue weighted by atomic mass is 9.83. The van der Waals surface area contributed by atoms with Gasteiger partial charge in [0.25, 0.3) is 0 Å². The Morgan fingerprint density at radius 2 is 2.07 bits per heavy atom. The van der Waals surface area contributed by atoms with Gasteiger partial charge in [-0.15, -0.1) is 11.3 Å². The summed E-state index contributed by atoms with van der Waals surface area (Å²) in [4.78, 5) is 8.40. The highest BCUT2D eigenvalue weighted by Gasteiger charge is 2.34. The first-order valence-electron chi connectivity index (χ1n) is 9.41. The van der Waals surface area contributed by atoms with Crippen LogP contribution in [0.4, 0.5) is 13.2 Å². The summed E-state index contributed by atoms with van der Waals surface area (Å²) in [5.74, 6) is 0.703. The number of rotatable bonds is 9. The van der Waals surface area contributed by atoms with Crippen LogP contribution in [0.15, 0.2) is 10.4 Å². The fourth-order valence-electron chi connectivity index (χ4n) is 3.36. The first kappa shape index (κ1) is 21.9. The van der Waals surface area contributed by atoms with Crippen molar-refractivity contribution < 1.29 is 17.9 Å². The fraction of sp³-hybridized carbons (Fsp3) is 0.778. The van der Waals surface area contributed by atoms with Crippen molar-refractivity contribution in [3.63, 3.8) is 0 Å². The second-order valence-corrected chi connectivity index (χ2v) is 7.89. The van der Waals surface area contributed by atoms with Crippen molar-refractivity contribution in [3.8, 4) is 0 Å².